The summed E-state index contributed by atoms with van der Waals surface area (Å²) in [7, 11) is 3.24. The van der Waals surface area contributed by atoms with Gasteiger partial charge in [0.25, 0.3) is 0 Å². The van der Waals surface area contributed by atoms with Crippen LogP contribution in [0.5, 0.6) is 11.5 Å². The Labute approximate surface area is 127 Å². The summed E-state index contributed by atoms with van der Waals surface area (Å²) in [4.78, 5) is 2.19. The summed E-state index contributed by atoms with van der Waals surface area (Å²) < 4.78 is 10.7. The lowest BCUT2D eigenvalue weighted by Gasteiger charge is -2.10. The van der Waals surface area contributed by atoms with Crippen molar-refractivity contribution in [3.8, 4) is 11.5 Å². The minimum absolute atomic E-state index is 0.654. The lowest BCUT2D eigenvalue weighted by Crippen LogP contribution is -1.93. The molecule has 0 aliphatic heterocycles. The average molecular weight is 298 g/mol. The van der Waals surface area contributed by atoms with Crippen molar-refractivity contribution in [2.45, 2.75) is 9.79 Å². The normalized spacial score (nSPS) is 10.6. The van der Waals surface area contributed by atoms with E-state index >= 15 is 0 Å². The van der Waals surface area contributed by atoms with Crippen molar-refractivity contribution in [1.29, 1.82) is 0 Å². The first kappa shape index (κ1) is 13.7. The molecule has 0 atom stereocenters. The quantitative estimate of drug-likeness (QED) is 0.733. The van der Waals surface area contributed by atoms with E-state index in [1.54, 1.807) is 32.2 Å². The summed E-state index contributed by atoms with van der Waals surface area (Å²) in [5.74, 6) is 1.34. The molecule has 0 fully saturated rings. The summed E-state index contributed by atoms with van der Waals surface area (Å²) in [6.45, 7) is 0. The van der Waals surface area contributed by atoms with Gasteiger partial charge in [0.05, 0.1) is 25.9 Å². The highest BCUT2D eigenvalue weighted by molar-refractivity contribution is 7.99. The molecule has 0 bridgehead atoms. The number of rotatable bonds is 4. The van der Waals surface area contributed by atoms with Crippen LogP contribution in [0, 0.1) is 0 Å². The van der Waals surface area contributed by atoms with Crippen LogP contribution in [0.25, 0.3) is 10.9 Å². The molecule has 0 saturated carbocycles. The van der Waals surface area contributed by atoms with Crippen LogP contribution in [0.1, 0.15) is 0 Å². The molecule has 5 heteroatoms. The van der Waals surface area contributed by atoms with Gasteiger partial charge in [-0.1, -0.05) is 30.0 Å². The summed E-state index contributed by atoms with van der Waals surface area (Å²) in [6, 6.07) is 14.0. The molecular formula is C16H14N2O2S. The first-order valence-electron chi connectivity index (χ1n) is 6.42. The first-order valence-corrected chi connectivity index (χ1v) is 7.24. The predicted molar refractivity (Wildman–Crippen MR) is 83.2 cm³/mol. The Morgan fingerprint density at radius 3 is 2.38 bits per heavy atom. The van der Waals surface area contributed by atoms with Crippen LogP contribution in [0.15, 0.2) is 58.5 Å². The summed E-state index contributed by atoms with van der Waals surface area (Å²) in [5, 5.41) is 9.24. The fraction of sp³-hybridized carbons (Fsp3) is 0.125. The Bertz CT molecular complexity index is 763. The van der Waals surface area contributed by atoms with E-state index in [9.17, 15) is 0 Å². The largest absolute Gasteiger partial charge is 0.493 e. The predicted octanol–water partition coefficient (Wildman–Crippen LogP) is 3.80. The van der Waals surface area contributed by atoms with Gasteiger partial charge >= 0.3 is 0 Å². The van der Waals surface area contributed by atoms with E-state index in [4.69, 9.17) is 9.47 Å². The third kappa shape index (κ3) is 2.78. The fourth-order valence-corrected chi connectivity index (χ4v) is 2.98. The molecule has 106 valence electrons. The van der Waals surface area contributed by atoms with Gasteiger partial charge < -0.3 is 9.47 Å². The number of hydrogen-bond acceptors (Lipinski definition) is 5. The summed E-state index contributed by atoms with van der Waals surface area (Å²) in [5.41, 5.74) is 0.786. The Morgan fingerprint density at radius 2 is 1.67 bits per heavy atom. The lowest BCUT2D eigenvalue weighted by molar-refractivity contribution is 0.355. The molecule has 0 amide bonds. The topological polar surface area (TPSA) is 44.2 Å². The van der Waals surface area contributed by atoms with Gasteiger partial charge in [-0.3, -0.25) is 0 Å². The second-order valence-electron chi connectivity index (χ2n) is 4.35. The zero-order valence-corrected chi connectivity index (χ0v) is 12.6. The minimum Gasteiger partial charge on any atom is -0.493 e. The number of methoxy groups -OCH3 is 2. The van der Waals surface area contributed by atoms with Gasteiger partial charge in [-0.15, -0.1) is 0 Å². The molecule has 0 N–H and O–H groups in total. The van der Waals surface area contributed by atoms with Gasteiger partial charge in [0.15, 0.2) is 11.5 Å². The SMILES string of the molecule is COc1cc2nncc(Sc3ccccc3)c2cc1OC. The smallest absolute Gasteiger partial charge is 0.162 e. The second kappa shape index (κ2) is 6.01. The summed E-state index contributed by atoms with van der Waals surface area (Å²) >= 11 is 1.65. The van der Waals surface area contributed by atoms with Gasteiger partial charge in [-0.2, -0.15) is 10.2 Å². The zero-order chi connectivity index (χ0) is 14.7. The highest BCUT2D eigenvalue weighted by atomic mass is 32.2. The number of nitrogens with zero attached hydrogens (tertiary/aromatic N) is 2. The van der Waals surface area contributed by atoms with Crippen molar-refractivity contribution < 1.29 is 9.47 Å². The standard InChI is InChI=1S/C16H14N2O2S/c1-19-14-8-12-13(9-15(14)20-2)18-17-10-16(12)21-11-6-4-3-5-7-11/h3-10H,1-2H3. The maximum absolute atomic E-state index is 5.37. The van der Waals surface area contributed by atoms with E-state index in [-0.39, 0.29) is 0 Å². The fourth-order valence-electron chi connectivity index (χ4n) is 2.06. The van der Waals surface area contributed by atoms with Crippen molar-refractivity contribution in [2.24, 2.45) is 0 Å². The molecule has 0 radical (unpaired) electrons. The van der Waals surface area contributed by atoms with E-state index in [0.717, 1.165) is 20.7 Å². The van der Waals surface area contributed by atoms with Crippen LogP contribution in [0.4, 0.5) is 0 Å². The van der Waals surface area contributed by atoms with Crippen LogP contribution >= 0.6 is 11.8 Å². The van der Waals surface area contributed by atoms with Gasteiger partial charge in [-0.25, -0.2) is 0 Å². The molecule has 0 aliphatic rings. The van der Waals surface area contributed by atoms with Gasteiger partial charge in [0.1, 0.15) is 0 Å². The first-order chi connectivity index (χ1) is 10.3. The van der Waals surface area contributed by atoms with Gasteiger partial charge in [-0.05, 0) is 18.2 Å². The summed E-state index contributed by atoms with van der Waals surface area (Å²) in [6.07, 6.45) is 1.77. The van der Waals surface area contributed by atoms with Crippen LogP contribution in [-0.4, -0.2) is 24.4 Å². The van der Waals surface area contributed by atoms with Crippen LogP contribution < -0.4 is 9.47 Å². The number of benzene rings is 2. The monoisotopic (exact) mass is 298 g/mol. The Morgan fingerprint density at radius 1 is 0.952 bits per heavy atom. The molecule has 2 aromatic carbocycles. The maximum atomic E-state index is 5.37. The van der Waals surface area contributed by atoms with Crippen molar-refractivity contribution >= 4 is 22.7 Å². The van der Waals surface area contributed by atoms with Crippen molar-refractivity contribution in [2.75, 3.05) is 14.2 Å². The molecule has 21 heavy (non-hydrogen) atoms. The average Bonchev–Trinajstić information content (AvgIpc) is 2.55. The van der Waals surface area contributed by atoms with Crippen molar-refractivity contribution in [3.05, 3.63) is 48.7 Å². The molecule has 0 aliphatic carbocycles. The second-order valence-corrected chi connectivity index (χ2v) is 5.46. The van der Waals surface area contributed by atoms with Crippen LogP contribution in [0.3, 0.4) is 0 Å². The molecule has 0 spiro atoms. The number of aromatic nitrogens is 2. The third-order valence-corrected chi connectivity index (χ3v) is 4.13. The Kier molecular flexibility index (Phi) is 3.92. The van der Waals surface area contributed by atoms with Crippen LogP contribution in [0.2, 0.25) is 0 Å². The minimum atomic E-state index is 0.654. The molecule has 0 saturated heterocycles. The maximum Gasteiger partial charge on any atom is 0.162 e. The molecule has 1 aromatic heterocycles. The highest BCUT2D eigenvalue weighted by Crippen LogP contribution is 2.37. The molecule has 3 rings (SSSR count). The highest BCUT2D eigenvalue weighted by Gasteiger charge is 2.11. The van der Waals surface area contributed by atoms with Gasteiger partial charge in [0.2, 0.25) is 0 Å². The van der Waals surface area contributed by atoms with E-state index in [0.29, 0.717) is 11.5 Å². The molecule has 3 aromatic rings. The third-order valence-electron chi connectivity index (χ3n) is 3.08. The van der Waals surface area contributed by atoms with E-state index in [1.807, 2.05) is 30.3 Å². The molecular weight excluding hydrogens is 284 g/mol. The Balaban J connectivity index is 2.10. The van der Waals surface area contributed by atoms with E-state index in [1.165, 1.54) is 0 Å². The van der Waals surface area contributed by atoms with E-state index < -0.39 is 0 Å². The van der Waals surface area contributed by atoms with Crippen molar-refractivity contribution in [3.63, 3.8) is 0 Å². The lowest BCUT2D eigenvalue weighted by atomic mass is 10.2. The van der Waals surface area contributed by atoms with Crippen molar-refractivity contribution in [1.82, 2.24) is 10.2 Å². The Hall–Kier alpha value is -2.27. The van der Waals surface area contributed by atoms with E-state index in [2.05, 4.69) is 22.3 Å². The molecule has 0 unspecified atom stereocenters. The molecule has 4 nitrogen and oxygen atoms in total. The van der Waals surface area contributed by atoms with Crippen LogP contribution in [-0.2, 0) is 0 Å². The number of fused-ring (bicyclic) bond motifs is 1. The molecule has 1 heterocycles. The number of ether oxygens (including phenoxy) is 2. The number of hydrogen-bond donors (Lipinski definition) is 0. The van der Waals surface area contributed by atoms with Gasteiger partial charge in [0, 0.05) is 21.2 Å². The zero-order valence-electron chi connectivity index (χ0n) is 11.7.